The minimum atomic E-state index is -4.58. The van der Waals surface area contributed by atoms with Gasteiger partial charge in [0.1, 0.15) is 5.82 Å². The minimum absolute atomic E-state index is 0.0540. The second kappa shape index (κ2) is 9.70. The van der Waals surface area contributed by atoms with Gasteiger partial charge in [-0.15, -0.1) is 0 Å². The topological polar surface area (TPSA) is 92.4 Å². The Labute approximate surface area is 159 Å². The van der Waals surface area contributed by atoms with E-state index in [1.54, 1.807) is 19.2 Å². The van der Waals surface area contributed by atoms with Crippen molar-refractivity contribution in [1.29, 1.82) is 0 Å². The van der Waals surface area contributed by atoms with E-state index in [0.29, 0.717) is 19.2 Å². The number of aromatic nitrogens is 1. The molecule has 150 valence electrons. The van der Waals surface area contributed by atoms with Crippen LogP contribution in [-0.4, -0.2) is 37.1 Å². The van der Waals surface area contributed by atoms with Crippen LogP contribution in [0.2, 0.25) is 0 Å². The molecule has 0 aliphatic rings. The second-order valence-corrected chi connectivity index (χ2v) is 5.64. The number of amides is 2. The molecule has 0 spiro atoms. The van der Waals surface area contributed by atoms with Gasteiger partial charge in [-0.05, 0) is 23.8 Å². The van der Waals surface area contributed by atoms with Gasteiger partial charge in [0.2, 0.25) is 0 Å². The average Bonchev–Trinajstić information content (AvgIpc) is 2.66. The molecule has 2 rings (SSSR count). The molecule has 7 nitrogen and oxygen atoms in total. The molecule has 0 saturated carbocycles. The van der Waals surface area contributed by atoms with Gasteiger partial charge < -0.3 is 20.7 Å². The van der Waals surface area contributed by atoms with Gasteiger partial charge in [0.25, 0.3) is 0 Å². The molecule has 1 heterocycles. The number of alkyl halides is 3. The van der Waals surface area contributed by atoms with E-state index >= 15 is 0 Å². The smallest absolute Gasteiger partial charge is 0.383 e. The third-order valence-corrected chi connectivity index (χ3v) is 3.61. The van der Waals surface area contributed by atoms with E-state index < -0.39 is 23.6 Å². The van der Waals surface area contributed by atoms with Gasteiger partial charge in [0, 0.05) is 32.1 Å². The molecule has 0 fully saturated rings. The first-order valence-electron chi connectivity index (χ1n) is 8.24. The van der Waals surface area contributed by atoms with Crippen LogP contribution in [0.3, 0.4) is 0 Å². The zero-order valence-corrected chi connectivity index (χ0v) is 15.0. The number of carbonyl (C=O) groups is 2. The van der Waals surface area contributed by atoms with Crippen LogP contribution in [0, 0.1) is 0 Å². The summed E-state index contributed by atoms with van der Waals surface area (Å²) in [5.41, 5.74) is 0.519. The maximum absolute atomic E-state index is 12.7. The molecule has 10 heteroatoms. The number of pyridine rings is 1. The molecule has 1 aromatic carbocycles. The molecule has 0 unspecified atom stereocenters. The fraction of sp³-hybridized carbons (Fsp3) is 0.278. The zero-order chi connectivity index (χ0) is 20.6. The van der Waals surface area contributed by atoms with Gasteiger partial charge >= 0.3 is 18.0 Å². The van der Waals surface area contributed by atoms with Crippen molar-refractivity contribution in [3.05, 3.63) is 53.7 Å². The van der Waals surface area contributed by atoms with E-state index in [4.69, 9.17) is 4.74 Å². The summed E-state index contributed by atoms with van der Waals surface area (Å²) in [5.74, 6) is -2.47. The maximum Gasteiger partial charge on any atom is 0.416 e. The number of nitrogens with one attached hydrogen (secondary N) is 3. The highest BCUT2D eigenvalue weighted by molar-refractivity contribution is 6.39. The van der Waals surface area contributed by atoms with E-state index in [0.717, 1.165) is 23.5 Å². The van der Waals surface area contributed by atoms with Gasteiger partial charge in [-0.2, -0.15) is 13.2 Å². The van der Waals surface area contributed by atoms with Gasteiger partial charge in [0.05, 0.1) is 12.2 Å². The van der Waals surface area contributed by atoms with Gasteiger partial charge in [0.15, 0.2) is 0 Å². The largest absolute Gasteiger partial charge is 0.416 e. The van der Waals surface area contributed by atoms with E-state index in [2.05, 4.69) is 20.9 Å². The number of carbonyl (C=O) groups excluding carboxylic acids is 2. The van der Waals surface area contributed by atoms with Crippen molar-refractivity contribution in [1.82, 2.24) is 10.3 Å². The number of methoxy groups -OCH3 is 1. The Morgan fingerprint density at radius 2 is 1.89 bits per heavy atom. The summed E-state index contributed by atoms with van der Waals surface area (Å²) in [4.78, 5) is 27.5. The van der Waals surface area contributed by atoms with Crippen LogP contribution in [0.5, 0.6) is 0 Å². The van der Waals surface area contributed by atoms with Crippen molar-refractivity contribution in [2.75, 3.05) is 30.9 Å². The molecule has 0 aliphatic heterocycles. The van der Waals surface area contributed by atoms with Gasteiger partial charge in [-0.1, -0.05) is 18.2 Å². The van der Waals surface area contributed by atoms with Crippen molar-refractivity contribution in [3.8, 4) is 0 Å². The first kappa shape index (κ1) is 21.2. The number of rotatable bonds is 7. The van der Waals surface area contributed by atoms with Crippen LogP contribution in [-0.2, 0) is 27.0 Å². The van der Waals surface area contributed by atoms with Crippen LogP contribution in [0.15, 0.2) is 42.6 Å². The molecule has 28 heavy (non-hydrogen) atoms. The summed E-state index contributed by atoms with van der Waals surface area (Å²) < 4.78 is 43.0. The molecule has 0 radical (unpaired) electrons. The number of anilines is 2. The van der Waals surface area contributed by atoms with E-state index in [1.807, 2.05) is 12.1 Å². The predicted octanol–water partition coefficient (Wildman–Crippen LogP) is 2.41. The molecule has 1 aromatic heterocycles. The fourth-order valence-corrected chi connectivity index (χ4v) is 2.24. The van der Waals surface area contributed by atoms with E-state index in [-0.39, 0.29) is 12.4 Å². The lowest BCUT2D eigenvalue weighted by molar-refractivity contribution is -0.137. The lowest BCUT2D eigenvalue weighted by Crippen LogP contribution is -2.35. The lowest BCUT2D eigenvalue weighted by Gasteiger charge is -2.12. The Bertz CT molecular complexity index is 828. The molecule has 0 aliphatic carbocycles. The Kier molecular flexibility index (Phi) is 7.33. The number of nitrogens with zero attached hydrogens (tertiary/aromatic N) is 1. The first-order valence-corrected chi connectivity index (χ1v) is 8.24. The van der Waals surface area contributed by atoms with Crippen molar-refractivity contribution in [2.24, 2.45) is 0 Å². The van der Waals surface area contributed by atoms with Crippen molar-refractivity contribution < 1.29 is 27.5 Å². The molecule has 3 N–H and O–H groups in total. The SMILES string of the molecule is COCCNc1ccccc1CNC(=O)C(=O)Nc1cc(C(F)(F)F)ccn1. The number of ether oxygens (including phenoxy) is 1. The zero-order valence-electron chi connectivity index (χ0n) is 15.0. The monoisotopic (exact) mass is 396 g/mol. The lowest BCUT2D eigenvalue weighted by atomic mass is 10.1. The molecular weight excluding hydrogens is 377 g/mol. The molecule has 0 atom stereocenters. The Morgan fingerprint density at radius 3 is 2.61 bits per heavy atom. The van der Waals surface area contributed by atoms with Crippen molar-refractivity contribution in [2.45, 2.75) is 12.7 Å². The molecule has 2 amide bonds. The van der Waals surface area contributed by atoms with E-state index in [9.17, 15) is 22.8 Å². The quantitative estimate of drug-likeness (QED) is 0.494. The van der Waals surface area contributed by atoms with Crippen LogP contribution in [0.25, 0.3) is 0 Å². The summed E-state index contributed by atoms with van der Waals surface area (Å²) in [7, 11) is 1.58. The second-order valence-electron chi connectivity index (χ2n) is 5.64. The van der Waals surface area contributed by atoms with Gasteiger partial charge in [-0.25, -0.2) is 4.98 Å². The number of para-hydroxylation sites is 1. The van der Waals surface area contributed by atoms with Crippen LogP contribution < -0.4 is 16.0 Å². The Balaban J connectivity index is 1.94. The number of halogens is 3. The summed E-state index contributed by atoms with van der Waals surface area (Å²) in [6, 6.07) is 8.58. The maximum atomic E-state index is 12.7. The number of benzene rings is 1. The summed E-state index contributed by atoms with van der Waals surface area (Å²) in [6.45, 7) is 1.11. The minimum Gasteiger partial charge on any atom is -0.383 e. The predicted molar refractivity (Wildman–Crippen MR) is 96.5 cm³/mol. The average molecular weight is 396 g/mol. The van der Waals surface area contributed by atoms with E-state index in [1.165, 1.54) is 0 Å². The molecule has 2 aromatic rings. The third kappa shape index (κ3) is 6.23. The van der Waals surface area contributed by atoms with Crippen molar-refractivity contribution >= 4 is 23.3 Å². The van der Waals surface area contributed by atoms with Crippen molar-refractivity contribution in [3.63, 3.8) is 0 Å². The Hall–Kier alpha value is -3.14. The first-order chi connectivity index (χ1) is 13.3. The molecular formula is C18H19F3N4O3. The summed E-state index contributed by atoms with van der Waals surface area (Å²) >= 11 is 0. The standard InChI is InChI=1S/C18H19F3N4O3/c1-28-9-8-22-14-5-3-2-4-12(14)11-24-16(26)17(27)25-15-10-13(6-7-23-15)18(19,20)21/h2-7,10,22H,8-9,11H2,1H3,(H,24,26)(H,23,25,27). The van der Waals surface area contributed by atoms with Crippen LogP contribution in [0.1, 0.15) is 11.1 Å². The third-order valence-electron chi connectivity index (χ3n) is 3.61. The Morgan fingerprint density at radius 1 is 1.14 bits per heavy atom. The van der Waals surface area contributed by atoms with Gasteiger partial charge in [-0.3, -0.25) is 9.59 Å². The number of hydrogen-bond donors (Lipinski definition) is 3. The molecule has 0 bridgehead atoms. The highest BCUT2D eigenvalue weighted by Gasteiger charge is 2.31. The molecule has 0 saturated heterocycles. The summed E-state index contributed by atoms with van der Waals surface area (Å²) in [6.07, 6.45) is -3.68. The highest BCUT2D eigenvalue weighted by Crippen LogP contribution is 2.29. The normalized spacial score (nSPS) is 11.0. The summed E-state index contributed by atoms with van der Waals surface area (Å²) in [5, 5.41) is 7.61. The van der Waals surface area contributed by atoms with Crippen LogP contribution >= 0.6 is 0 Å². The fourth-order valence-electron chi connectivity index (χ4n) is 2.24. The highest BCUT2D eigenvalue weighted by atomic mass is 19.4. The van der Waals surface area contributed by atoms with Crippen LogP contribution in [0.4, 0.5) is 24.7 Å². The number of hydrogen-bond acceptors (Lipinski definition) is 5.